The van der Waals surface area contributed by atoms with Crippen molar-refractivity contribution < 1.29 is 9.59 Å². The van der Waals surface area contributed by atoms with Crippen LogP contribution in [0.15, 0.2) is 0 Å². The summed E-state index contributed by atoms with van der Waals surface area (Å²) in [5, 5.41) is 0. The van der Waals surface area contributed by atoms with Gasteiger partial charge in [-0.1, -0.05) is 0 Å². The van der Waals surface area contributed by atoms with E-state index in [-0.39, 0.29) is 24.0 Å². The summed E-state index contributed by atoms with van der Waals surface area (Å²) in [6, 6.07) is -0.137. The lowest BCUT2D eigenvalue weighted by molar-refractivity contribution is -0.131. The van der Waals surface area contributed by atoms with Gasteiger partial charge in [-0.3, -0.25) is 9.69 Å². The predicted octanol–water partition coefficient (Wildman–Crippen LogP) is 0.613. The second-order valence-electron chi connectivity index (χ2n) is 6.80. The third kappa shape index (κ3) is 2.44. The van der Waals surface area contributed by atoms with Crippen LogP contribution in [0.2, 0.25) is 0 Å². The Hall–Kier alpha value is -1.14. The lowest BCUT2D eigenvalue weighted by Crippen LogP contribution is -2.52. The molecule has 118 valence electrons. The highest BCUT2D eigenvalue weighted by Crippen LogP contribution is 2.30. The maximum absolute atomic E-state index is 12.6. The molecule has 0 radical (unpaired) electrons. The summed E-state index contributed by atoms with van der Waals surface area (Å²) in [6.07, 6.45) is 3.49. The molecule has 3 aliphatic heterocycles. The van der Waals surface area contributed by atoms with Gasteiger partial charge >= 0.3 is 6.03 Å². The van der Waals surface area contributed by atoms with Crippen LogP contribution in [-0.4, -0.2) is 70.4 Å². The van der Waals surface area contributed by atoms with Gasteiger partial charge in [0, 0.05) is 37.8 Å². The smallest absolute Gasteiger partial charge is 0.325 e. The van der Waals surface area contributed by atoms with Crippen LogP contribution in [0.4, 0.5) is 4.79 Å². The molecule has 3 rings (SSSR count). The number of hydrogen-bond donors (Lipinski definition) is 1. The van der Waals surface area contributed by atoms with E-state index in [1.165, 1.54) is 4.90 Å². The molecule has 3 heterocycles. The van der Waals surface area contributed by atoms with Crippen molar-refractivity contribution in [3.05, 3.63) is 0 Å². The van der Waals surface area contributed by atoms with Crippen LogP contribution in [0, 0.1) is 0 Å². The van der Waals surface area contributed by atoms with Crippen LogP contribution in [0.1, 0.15) is 39.5 Å². The van der Waals surface area contributed by atoms with Gasteiger partial charge in [-0.2, -0.15) is 0 Å². The Labute approximate surface area is 126 Å². The number of fused-ring (bicyclic) bond motifs is 1. The largest absolute Gasteiger partial charge is 0.327 e. The number of likely N-dealkylation sites (tertiary alicyclic amines) is 1. The van der Waals surface area contributed by atoms with Gasteiger partial charge in [0.05, 0.1) is 0 Å². The van der Waals surface area contributed by atoms with E-state index in [2.05, 4.69) is 18.7 Å². The zero-order valence-corrected chi connectivity index (χ0v) is 13.0. The van der Waals surface area contributed by atoms with Crippen molar-refractivity contribution in [3.8, 4) is 0 Å². The SMILES string of the molecule is CC(C)N1CCC(N2C(=O)[C@@H]3[C@H](N)CCCN3C2=O)CC1. The number of urea groups is 1. The highest BCUT2D eigenvalue weighted by molar-refractivity contribution is 6.05. The molecule has 3 amide bonds. The molecule has 0 spiro atoms. The first-order chi connectivity index (χ1) is 10.0. The number of amides is 3. The van der Waals surface area contributed by atoms with E-state index in [4.69, 9.17) is 5.73 Å². The minimum atomic E-state index is -0.408. The van der Waals surface area contributed by atoms with Gasteiger partial charge < -0.3 is 15.5 Å². The molecule has 3 saturated heterocycles. The van der Waals surface area contributed by atoms with Crippen molar-refractivity contribution in [2.45, 2.75) is 63.7 Å². The van der Waals surface area contributed by atoms with Crippen molar-refractivity contribution in [1.82, 2.24) is 14.7 Å². The number of piperidine rings is 2. The van der Waals surface area contributed by atoms with Gasteiger partial charge in [0.2, 0.25) is 0 Å². The Balaban J connectivity index is 1.71. The highest BCUT2D eigenvalue weighted by Gasteiger charge is 2.51. The molecular formula is C15H26N4O2. The van der Waals surface area contributed by atoms with Gasteiger partial charge in [0.15, 0.2) is 0 Å². The number of carbonyl (C=O) groups is 2. The molecule has 0 aromatic heterocycles. The molecule has 3 aliphatic rings. The standard InChI is InChI=1S/C15H26N4O2/c1-10(2)17-8-5-11(6-9-17)19-14(20)13-12(16)4-3-7-18(13)15(19)21/h10-13H,3-9,16H2,1-2H3/t12-,13+/m1/s1. The van der Waals surface area contributed by atoms with Crippen molar-refractivity contribution in [2.75, 3.05) is 19.6 Å². The monoisotopic (exact) mass is 294 g/mol. The maximum atomic E-state index is 12.6. The summed E-state index contributed by atoms with van der Waals surface area (Å²) in [5.41, 5.74) is 6.08. The first kappa shape index (κ1) is 14.8. The van der Waals surface area contributed by atoms with Crippen LogP contribution >= 0.6 is 0 Å². The fraction of sp³-hybridized carbons (Fsp3) is 0.867. The predicted molar refractivity (Wildman–Crippen MR) is 79.7 cm³/mol. The van der Waals surface area contributed by atoms with E-state index in [9.17, 15) is 9.59 Å². The topological polar surface area (TPSA) is 69.9 Å². The Kier molecular flexibility index (Phi) is 3.92. The molecule has 3 fully saturated rings. The van der Waals surface area contributed by atoms with Crippen LogP contribution in [0.5, 0.6) is 0 Å². The van der Waals surface area contributed by atoms with Gasteiger partial charge in [-0.15, -0.1) is 0 Å². The average Bonchev–Trinajstić information content (AvgIpc) is 2.72. The fourth-order valence-corrected chi connectivity index (χ4v) is 3.93. The van der Waals surface area contributed by atoms with Crippen molar-refractivity contribution in [3.63, 3.8) is 0 Å². The Morgan fingerprint density at radius 3 is 2.33 bits per heavy atom. The van der Waals surface area contributed by atoms with Gasteiger partial charge in [-0.05, 0) is 39.5 Å². The number of carbonyl (C=O) groups excluding carboxylic acids is 2. The lowest BCUT2D eigenvalue weighted by atomic mass is 9.97. The number of imide groups is 1. The summed E-state index contributed by atoms with van der Waals surface area (Å²) in [5.74, 6) is -0.0600. The Morgan fingerprint density at radius 1 is 1.10 bits per heavy atom. The first-order valence-electron chi connectivity index (χ1n) is 8.14. The Bertz CT molecular complexity index is 431. The molecule has 0 saturated carbocycles. The second-order valence-corrected chi connectivity index (χ2v) is 6.80. The van der Waals surface area contributed by atoms with Crippen molar-refractivity contribution >= 4 is 11.9 Å². The molecule has 2 atom stereocenters. The van der Waals surface area contributed by atoms with Crippen LogP contribution in [0.3, 0.4) is 0 Å². The van der Waals surface area contributed by atoms with E-state index in [1.54, 1.807) is 4.90 Å². The number of hydrogen-bond acceptors (Lipinski definition) is 4. The zero-order chi connectivity index (χ0) is 15.1. The molecule has 2 N–H and O–H groups in total. The molecule has 0 aliphatic carbocycles. The average molecular weight is 294 g/mol. The van der Waals surface area contributed by atoms with Gasteiger partial charge in [0.25, 0.3) is 5.91 Å². The van der Waals surface area contributed by atoms with E-state index in [0.717, 1.165) is 38.8 Å². The maximum Gasteiger partial charge on any atom is 0.327 e. The molecule has 6 heteroatoms. The summed E-state index contributed by atoms with van der Waals surface area (Å²) in [6.45, 7) is 6.95. The van der Waals surface area contributed by atoms with E-state index in [1.807, 2.05) is 0 Å². The van der Waals surface area contributed by atoms with E-state index >= 15 is 0 Å². The minimum Gasteiger partial charge on any atom is -0.325 e. The molecule has 21 heavy (non-hydrogen) atoms. The third-order valence-corrected chi connectivity index (χ3v) is 5.21. The first-order valence-corrected chi connectivity index (χ1v) is 8.14. The molecule has 0 aromatic rings. The molecule has 0 aromatic carbocycles. The zero-order valence-electron chi connectivity index (χ0n) is 13.0. The third-order valence-electron chi connectivity index (χ3n) is 5.21. The Morgan fingerprint density at radius 2 is 1.76 bits per heavy atom. The van der Waals surface area contributed by atoms with Crippen molar-refractivity contribution in [2.24, 2.45) is 5.73 Å². The fourth-order valence-electron chi connectivity index (χ4n) is 3.93. The quantitative estimate of drug-likeness (QED) is 0.758. The summed E-state index contributed by atoms with van der Waals surface area (Å²) < 4.78 is 0. The molecule has 0 unspecified atom stereocenters. The van der Waals surface area contributed by atoms with Crippen molar-refractivity contribution in [1.29, 1.82) is 0 Å². The number of nitrogens with zero attached hydrogens (tertiary/aromatic N) is 3. The molecule has 0 bridgehead atoms. The second kappa shape index (κ2) is 5.57. The molecular weight excluding hydrogens is 268 g/mol. The van der Waals surface area contributed by atoms with Crippen LogP contribution in [-0.2, 0) is 4.79 Å². The summed E-state index contributed by atoms with van der Waals surface area (Å²) >= 11 is 0. The molecule has 6 nitrogen and oxygen atoms in total. The lowest BCUT2D eigenvalue weighted by Gasteiger charge is -2.37. The summed E-state index contributed by atoms with van der Waals surface area (Å²) in [7, 11) is 0. The van der Waals surface area contributed by atoms with E-state index < -0.39 is 6.04 Å². The van der Waals surface area contributed by atoms with E-state index in [0.29, 0.717) is 12.6 Å². The normalized spacial score (nSPS) is 32.2. The van der Waals surface area contributed by atoms with Crippen LogP contribution < -0.4 is 5.73 Å². The van der Waals surface area contributed by atoms with Crippen LogP contribution in [0.25, 0.3) is 0 Å². The number of nitrogens with two attached hydrogens (primary N) is 1. The minimum absolute atomic E-state index is 0.0535. The van der Waals surface area contributed by atoms with Gasteiger partial charge in [0.1, 0.15) is 6.04 Å². The van der Waals surface area contributed by atoms with Gasteiger partial charge in [-0.25, -0.2) is 4.79 Å². The highest BCUT2D eigenvalue weighted by atomic mass is 16.2. The number of rotatable bonds is 2. The summed E-state index contributed by atoms with van der Waals surface area (Å²) in [4.78, 5) is 30.8.